The van der Waals surface area contributed by atoms with Gasteiger partial charge >= 0.3 is 0 Å². The number of carbonyl (C=O) groups excluding carboxylic acids is 2. The number of hydrogen-bond donors (Lipinski definition) is 3. The summed E-state index contributed by atoms with van der Waals surface area (Å²) in [6.07, 6.45) is 4.61. The lowest BCUT2D eigenvalue weighted by atomic mass is 9.81. The van der Waals surface area contributed by atoms with E-state index in [1.807, 2.05) is 0 Å². The van der Waals surface area contributed by atoms with E-state index in [2.05, 4.69) is 21.1 Å². The van der Waals surface area contributed by atoms with Crippen LogP contribution in [0.25, 0.3) is 0 Å². The second kappa shape index (κ2) is 5.62. The molecular weight excluding hydrogens is 260 g/mol. The molecule has 1 saturated carbocycles. The predicted molar refractivity (Wildman–Crippen MR) is 70.2 cm³/mol. The Bertz CT molecular complexity index is 509. The summed E-state index contributed by atoms with van der Waals surface area (Å²) in [4.78, 5) is 24.1. The first-order chi connectivity index (χ1) is 9.75. The number of nitrogens with one attached hydrogen (secondary N) is 3. The fourth-order valence-electron chi connectivity index (χ4n) is 2.48. The van der Waals surface area contributed by atoms with E-state index in [0.717, 1.165) is 25.0 Å². The van der Waals surface area contributed by atoms with Crippen molar-refractivity contribution in [1.29, 1.82) is 0 Å². The van der Waals surface area contributed by atoms with Crippen molar-refractivity contribution in [2.75, 3.05) is 19.6 Å². The molecule has 0 radical (unpaired) electrons. The molecule has 2 amide bonds. The third kappa shape index (κ3) is 2.53. The monoisotopic (exact) mass is 278 g/mol. The van der Waals surface area contributed by atoms with Gasteiger partial charge in [-0.2, -0.15) is 0 Å². The molecule has 1 unspecified atom stereocenters. The van der Waals surface area contributed by atoms with Crippen molar-refractivity contribution in [2.45, 2.75) is 31.2 Å². The van der Waals surface area contributed by atoms with Crippen LogP contribution < -0.4 is 16.0 Å². The average molecular weight is 278 g/mol. The zero-order chi connectivity index (χ0) is 13.9. The molecule has 3 rings (SSSR count). The minimum absolute atomic E-state index is 0.162. The van der Waals surface area contributed by atoms with Gasteiger partial charge in [0.15, 0.2) is 0 Å². The fourth-order valence-corrected chi connectivity index (χ4v) is 2.48. The SMILES string of the molecule is O=C(NC1CNCCNC1=O)c1conc1C1CCC1. The Hall–Kier alpha value is -1.89. The summed E-state index contributed by atoms with van der Waals surface area (Å²) < 4.78 is 4.94. The van der Waals surface area contributed by atoms with Crippen molar-refractivity contribution < 1.29 is 14.1 Å². The Labute approximate surface area is 116 Å². The Morgan fingerprint density at radius 3 is 3.00 bits per heavy atom. The van der Waals surface area contributed by atoms with E-state index < -0.39 is 6.04 Å². The fraction of sp³-hybridized carbons (Fsp3) is 0.615. The lowest BCUT2D eigenvalue weighted by molar-refractivity contribution is -0.122. The summed E-state index contributed by atoms with van der Waals surface area (Å²) in [5.74, 6) is -0.141. The van der Waals surface area contributed by atoms with Crippen LogP contribution >= 0.6 is 0 Å². The van der Waals surface area contributed by atoms with Gasteiger partial charge in [-0.1, -0.05) is 11.6 Å². The molecule has 2 aliphatic rings. The number of amides is 2. The molecule has 0 aromatic carbocycles. The number of rotatable bonds is 3. The van der Waals surface area contributed by atoms with Crippen LogP contribution in [0.4, 0.5) is 0 Å². The molecule has 1 saturated heterocycles. The van der Waals surface area contributed by atoms with Crippen molar-refractivity contribution in [3.63, 3.8) is 0 Å². The van der Waals surface area contributed by atoms with E-state index in [-0.39, 0.29) is 11.8 Å². The van der Waals surface area contributed by atoms with Gasteiger partial charge in [0.05, 0.1) is 5.69 Å². The van der Waals surface area contributed by atoms with Gasteiger partial charge in [-0.05, 0) is 12.8 Å². The van der Waals surface area contributed by atoms with Crippen molar-refractivity contribution in [2.24, 2.45) is 0 Å². The molecule has 1 atom stereocenters. The third-order valence-corrected chi connectivity index (χ3v) is 3.91. The van der Waals surface area contributed by atoms with Crippen LogP contribution in [0.5, 0.6) is 0 Å². The largest absolute Gasteiger partial charge is 0.364 e. The van der Waals surface area contributed by atoms with E-state index in [4.69, 9.17) is 4.52 Å². The molecule has 0 spiro atoms. The van der Waals surface area contributed by atoms with Gasteiger partial charge in [0.25, 0.3) is 5.91 Å². The number of nitrogens with zero attached hydrogens (tertiary/aromatic N) is 1. The van der Waals surface area contributed by atoms with Crippen LogP contribution in [0.15, 0.2) is 10.8 Å². The quantitative estimate of drug-likeness (QED) is 0.709. The summed E-state index contributed by atoms with van der Waals surface area (Å²) >= 11 is 0. The summed E-state index contributed by atoms with van der Waals surface area (Å²) in [6, 6.07) is -0.561. The number of aromatic nitrogens is 1. The van der Waals surface area contributed by atoms with Gasteiger partial charge in [0, 0.05) is 25.6 Å². The van der Waals surface area contributed by atoms with Crippen LogP contribution in [-0.4, -0.2) is 42.6 Å². The standard InChI is InChI=1S/C13H18N4O3/c18-12(16-10-6-14-4-5-15-13(10)19)9-7-20-17-11(9)8-2-1-3-8/h7-8,10,14H,1-6H2,(H,15,19)(H,16,18). The highest BCUT2D eigenvalue weighted by Gasteiger charge is 2.30. The summed E-state index contributed by atoms with van der Waals surface area (Å²) in [5, 5.41) is 12.5. The van der Waals surface area contributed by atoms with Gasteiger partial charge in [0.1, 0.15) is 17.9 Å². The minimum Gasteiger partial charge on any atom is -0.364 e. The number of hydrogen-bond acceptors (Lipinski definition) is 5. The Morgan fingerprint density at radius 2 is 2.25 bits per heavy atom. The lowest BCUT2D eigenvalue weighted by Crippen LogP contribution is -2.49. The van der Waals surface area contributed by atoms with E-state index in [1.54, 1.807) is 0 Å². The Morgan fingerprint density at radius 1 is 1.40 bits per heavy atom. The predicted octanol–water partition coefficient (Wildman–Crippen LogP) is -0.240. The van der Waals surface area contributed by atoms with Crippen LogP contribution in [-0.2, 0) is 4.79 Å². The van der Waals surface area contributed by atoms with E-state index in [1.165, 1.54) is 6.26 Å². The lowest BCUT2D eigenvalue weighted by Gasteiger charge is -2.24. The number of carbonyl (C=O) groups is 2. The Balaban J connectivity index is 1.69. The molecule has 1 aromatic heterocycles. The molecule has 20 heavy (non-hydrogen) atoms. The van der Waals surface area contributed by atoms with E-state index in [0.29, 0.717) is 31.1 Å². The molecule has 2 heterocycles. The molecular formula is C13H18N4O3. The van der Waals surface area contributed by atoms with Gasteiger partial charge in [-0.25, -0.2) is 0 Å². The van der Waals surface area contributed by atoms with Gasteiger partial charge in [0.2, 0.25) is 5.91 Å². The summed E-state index contributed by atoms with van der Waals surface area (Å²) in [6.45, 7) is 1.71. The van der Waals surface area contributed by atoms with Gasteiger partial charge in [-0.3, -0.25) is 9.59 Å². The highest BCUT2D eigenvalue weighted by atomic mass is 16.5. The molecule has 1 aliphatic carbocycles. The van der Waals surface area contributed by atoms with Crippen LogP contribution in [0.1, 0.15) is 41.2 Å². The molecule has 3 N–H and O–H groups in total. The maximum Gasteiger partial charge on any atom is 0.257 e. The summed E-state index contributed by atoms with van der Waals surface area (Å²) in [5.41, 5.74) is 1.17. The molecule has 7 heteroatoms. The van der Waals surface area contributed by atoms with E-state index in [9.17, 15) is 9.59 Å². The van der Waals surface area contributed by atoms with Crippen LogP contribution in [0, 0.1) is 0 Å². The first-order valence-corrected chi connectivity index (χ1v) is 6.99. The minimum atomic E-state index is -0.561. The second-order valence-electron chi connectivity index (χ2n) is 5.26. The average Bonchev–Trinajstić information content (AvgIpc) is 2.74. The van der Waals surface area contributed by atoms with E-state index >= 15 is 0 Å². The first-order valence-electron chi connectivity index (χ1n) is 6.99. The molecule has 7 nitrogen and oxygen atoms in total. The molecule has 0 bridgehead atoms. The zero-order valence-electron chi connectivity index (χ0n) is 11.1. The van der Waals surface area contributed by atoms with Gasteiger partial charge in [-0.15, -0.1) is 0 Å². The maximum absolute atomic E-state index is 12.3. The smallest absolute Gasteiger partial charge is 0.257 e. The molecule has 1 aromatic rings. The normalized spacial score (nSPS) is 23.6. The second-order valence-corrected chi connectivity index (χ2v) is 5.26. The third-order valence-electron chi connectivity index (χ3n) is 3.91. The van der Waals surface area contributed by atoms with Gasteiger partial charge < -0.3 is 20.5 Å². The molecule has 108 valence electrons. The van der Waals surface area contributed by atoms with Crippen LogP contribution in [0.2, 0.25) is 0 Å². The van der Waals surface area contributed by atoms with Crippen molar-refractivity contribution in [3.8, 4) is 0 Å². The Kier molecular flexibility index (Phi) is 3.68. The first kappa shape index (κ1) is 13.1. The van der Waals surface area contributed by atoms with Crippen LogP contribution in [0.3, 0.4) is 0 Å². The summed E-state index contributed by atoms with van der Waals surface area (Å²) in [7, 11) is 0. The van der Waals surface area contributed by atoms with Crippen molar-refractivity contribution in [1.82, 2.24) is 21.1 Å². The molecule has 2 fully saturated rings. The zero-order valence-corrected chi connectivity index (χ0v) is 11.1. The maximum atomic E-state index is 12.3. The molecule has 1 aliphatic heterocycles. The highest BCUT2D eigenvalue weighted by molar-refractivity contribution is 5.98. The highest BCUT2D eigenvalue weighted by Crippen LogP contribution is 2.37. The van der Waals surface area contributed by atoms with Crippen molar-refractivity contribution >= 4 is 11.8 Å². The van der Waals surface area contributed by atoms with Crippen molar-refractivity contribution in [3.05, 3.63) is 17.5 Å². The topological polar surface area (TPSA) is 96.3 Å².